The van der Waals surface area contributed by atoms with E-state index in [-0.39, 0.29) is 10.6 Å². The lowest BCUT2D eigenvalue weighted by Gasteiger charge is -2.07. The Morgan fingerprint density at radius 1 is 1.27 bits per heavy atom. The van der Waals surface area contributed by atoms with Crippen molar-refractivity contribution in [3.63, 3.8) is 0 Å². The van der Waals surface area contributed by atoms with Gasteiger partial charge in [0.25, 0.3) is 0 Å². The van der Waals surface area contributed by atoms with E-state index in [2.05, 4.69) is 11.8 Å². The van der Waals surface area contributed by atoms with Crippen molar-refractivity contribution in [2.24, 2.45) is 0 Å². The molecule has 0 radical (unpaired) electrons. The lowest BCUT2D eigenvalue weighted by Crippen LogP contribution is -2.05. The Bertz CT molecular complexity index is 415. The average Bonchev–Trinajstić information content (AvgIpc) is 2.12. The lowest BCUT2D eigenvalue weighted by atomic mass is 10.1. The third-order valence-electron chi connectivity index (χ3n) is 1.54. The molecule has 0 unspecified atom stereocenters. The Morgan fingerprint density at radius 3 is 2.47 bits per heavy atom. The van der Waals surface area contributed by atoms with Gasteiger partial charge in [0.2, 0.25) is 0 Å². The standard InChI is InChI=1S/C10H6ClF3O/c11-9-5-7(2-1-3-15)4-8(6-9)10(12,13)14/h4-6,15H,3H2. The first kappa shape index (κ1) is 11.9. The molecule has 1 rings (SSSR count). The molecule has 80 valence electrons. The van der Waals surface area contributed by atoms with E-state index in [1.165, 1.54) is 6.07 Å². The smallest absolute Gasteiger partial charge is 0.384 e. The normalized spacial score (nSPS) is 10.7. The number of rotatable bonds is 0. The van der Waals surface area contributed by atoms with E-state index >= 15 is 0 Å². The van der Waals surface area contributed by atoms with Gasteiger partial charge in [0.05, 0.1) is 5.56 Å². The Kier molecular flexibility index (Phi) is 3.61. The predicted octanol–water partition coefficient (Wildman–Crippen LogP) is 2.70. The van der Waals surface area contributed by atoms with Crippen LogP contribution in [0, 0.1) is 11.8 Å². The topological polar surface area (TPSA) is 20.2 Å². The zero-order chi connectivity index (χ0) is 11.5. The van der Waals surface area contributed by atoms with Crippen molar-refractivity contribution in [3.05, 3.63) is 34.3 Å². The van der Waals surface area contributed by atoms with Crippen molar-refractivity contribution >= 4 is 11.6 Å². The van der Waals surface area contributed by atoms with Crippen LogP contribution in [-0.4, -0.2) is 11.7 Å². The van der Waals surface area contributed by atoms with Crippen LogP contribution >= 0.6 is 11.6 Å². The van der Waals surface area contributed by atoms with Gasteiger partial charge in [-0.1, -0.05) is 23.4 Å². The molecule has 1 nitrogen and oxygen atoms in total. The quantitative estimate of drug-likeness (QED) is 0.685. The summed E-state index contributed by atoms with van der Waals surface area (Å²) < 4.78 is 36.9. The van der Waals surface area contributed by atoms with Crippen LogP contribution in [-0.2, 0) is 6.18 Å². The van der Waals surface area contributed by atoms with Gasteiger partial charge in [0.1, 0.15) is 6.61 Å². The number of benzene rings is 1. The van der Waals surface area contributed by atoms with Gasteiger partial charge in [-0.15, -0.1) is 0 Å². The number of hydrogen-bond donors (Lipinski definition) is 1. The minimum Gasteiger partial charge on any atom is -0.384 e. The molecular weight excluding hydrogens is 229 g/mol. The van der Waals surface area contributed by atoms with E-state index in [1.54, 1.807) is 0 Å². The van der Waals surface area contributed by atoms with Gasteiger partial charge in [-0.3, -0.25) is 0 Å². The molecule has 5 heteroatoms. The highest BCUT2D eigenvalue weighted by molar-refractivity contribution is 6.30. The maximum absolute atomic E-state index is 12.3. The molecule has 1 aromatic rings. The molecule has 0 saturated carbocycles. The van der Waals surface area contributed by atoms with Crippen molar-refractivity contribution in [1.29, 1.82) is 0 Å². The first-order valence-electron chi connectivity index (χ1n) is 3.91. The van der Waals surface area contributed by atoms with Crippen molar-refractivity contribution in [2.45, 2.75) is 6.18 Å². The number of aliphatic hydroxyl groups excluding tert-OH is 1. The number of hydrogen-bond acceptors (Lipinski definition) is 1. The van der Waals surface area contributed by atoms with Crippen molar-refractivity contribution < 1.29 is 18.3 Å². The van der Waals surface area contributed by atoms with Gasteiger partial charge < -0.3 is 5.11 Å². The van der Waals surface area contributed by atoms with Crippen molar-refractivity contribution in [1.82, 2.24) is 0 Å². The van der Waals surface area contributed by atoms with Gasteiger partial charge in [0.15, 0.2) is 0 Å². The summed E-state index contributed by atoms with van der Waals surface area (Å²) in [4.78, 5) is 0. The second-order valence-electron chi connectivity index (χ2n) is 2.69. The molecule has 0 aliphatic heterocycles. The summed E-state index contributed by atoms with van der Waals surface area (Å²) >= 11 is 5.50. The summed E-state index contributed by atoms with van der Waals surface area (Å²) in [5.74, 6) is 4.61. The van der Waals surface area contributed by atoms with Crippen LogP contribution in [0.1, 0.15) is 11.1 Å². The summed E-state index contributed by atoms with van der Waals surface area (Å²) in [7, 11) is 0. The summed E-state index contributed by atoms with van der Waals surface area (Å²) in [6, 6.07) is 3.01. The summed E-state index contributed by atoms with van der Waals surface area (Å²) in [5, 5.41) is 8.36. The molecule has 0 bridgehead atoms. The van der Waals surface area contributed by atoms with E-state index in [1.807, 2.05) is 0 Å². The van der Waals surface area contributed by atoms with Gasteiger partial charge in [0, 0.05) is 10.6 Å². The number of alkyl halides is 3. The predicted molar refractivity (Wildman–Crippen MR) is 50.4 cm³/mol. The van der Waals surface area contributed by atoms with Crippen LogP contribution < -0.4 is 0 Å². The van der Waals surface area contributed by atoms with Crippen LogP contribution in [0.2, 0.25) is 5.02 Å². The molecular formula is C10H6ClF3O. The van der Waals surface area contributed by atoms with Crippen molar-refractivity contribution in [3.8, 4) is 11.8 Å². The van der Waals surface area contributed by atoms with Crippen LogP contribution in [0.3, 0.4) is 0 Å². The molecule has 0 atom stereocenters. The van der Waals surface area contributed by atoms with E-state index in [9.17, 15) is 13.2 Å². The Labute approximate surface area is 89.5 Å². The molecule has 0 saturated heterocycles. The summed E-state index contributed by atoms with van der Waals surface area (Å²) in [6.07, 6.45) is -4.44. The second kappa shape index (κ2) is 4.56. The monoisotopic (exact) mass is 234 g/mol. The number of aliphatic hydroxyl groups is 1. The Hall–Kier alpha value is -1.18. The molecule has 1 N–H and O–H groups in total. The maximum atomic E-state index is 12.3. The fraction of sp³-hybridized carbons (Fsp3) is 0.200. The molecule has 0 heterocycles. The van der Waals surface area contributed by atoms with Crippen LogP contribution in [0.15, 0.2) is 18.2 Å². The Balaban J connectivity index is 3.17. The van der Waals surface area contributed by atoms with Crippen molar-refractivity contribution in [2.75, 3.05) is 6.61 Å². The zero-order valence-electron chi connectivity index (χ0n) is 7.40. The molecule has 15 heavy (non-hydrogen) atoms. The maximum Gasteiger partial charge on any atom is 0.416 e. The first-order chi connectivity index (χ1) is 6.93. The summed E-state index contributed by atoms with van der Waals surface area (Å²) in [5.41, 5.74) is -0.721. The van der Waals surface area contributed by atoms with E-state index in [4.69, 9.17) is 16.7 Å². The minimum atomic E-state index is -4.44. The molecule has 0 fully saturated rings. The second-order valence-corrected chi connectivity index (χ2v) is 3.12. The SMILES string of the molecule is OCC#Cc1cc(Cl)cc(C(F)(F)F)c1. The van der Waals surface area contributed by atoms with Crippen LogP contribution in [0.5, 0.6) is 0 Å². The molecule has 0 spiro atoms. The molecule has 0 aliphatic carbocycles. The molecule has 0 amide bonds. The van der Waals surface area contributed by atoms with Gasteiger partial charge in [-0.05, 0) is 18.2 Å². The largest absolute Gasteiger partial charge is 0.416 e. The highest BCUT2D eigenvalue weighted by atomic mass is 35.5. The summed E-state index contributed by atoms with van der Waals surface area (Å²) in [6.45, 7) is -0.409. The lowest BCUT2D eigenvalue weighted by molar-refractivity contribution is -0.137. The average molecular weight is 235 g/mol. The minimum absolute atomic E-state index is 0.0351. The van der Waals surface area contributed by atoms with Gasteiger partial charge in [-0.25, -0.2) is 0 Å². The highest BCUT2D eigenvalue weighted by Crippen LogP contribution is 2.31. The molecule has 1 aromatic carbocycles. The van der Waals surface area contributed by atoms with E-state index < -0.39 is 18.3 Å². The zero-order valence-corrected chi connectivity index (χ0v) is 8.15. The van der Waals surface area contributed by atoms with E-state index in [0.717, 1.165) is 12.1 Å². The molecule has 0 aliphatic rings. The van der Waals surface area contributed by atoms with Gasteiger partial charge >= 0.3 is 6.18 Å². The highest BCUT2D eigenvalue weighted by Gasteiger charge is 2.30. The van der Waals surface area contributed by atoms with E-state index in [0.29, 0.717) is 0 Å². The number of halogens is 4. The fourth-order valence-corrected chi connectivity index (χ4v) is 1.20. The third kappa shape index (κ3) is 3.46. The van der Waals surface area contributed by atoms with Gasteiger partial charge in [-0.2, -0.15) is 13.2 Å². The Morgan fingerprint density at radius 2 is 1.93 bits per heavy atom. The van der Waals surface area contributed by atoms with Crippen LogP contribution in [0.25, 0.3) is 0 Å². The fourth-order valence-electron chi connectivity index (χ4n) is 0.967. The molecule has 0 aromatic heterocycles. The van der Waals surface area contributed by atoms with Crippen LogP contribution in [0.4, 0.5) is 13.2 Å². The third-order valence-corrected chi connectivity index (χ3v) is 1.76. The first-order valence-corrected chi connectivity index (χ1v) is 4.29.